The molecule has 0 fully saturated rings. The van der Waals surface area contributed by atoms with Gasteiger partial charge in [0.25, 0.3) is 0 Å². The van der Waals surface area contributed by atoms with Crippen LogP contribution in [-0.2, 0) is 22.6 Å². The first-order chi connectivity index (χ1) is 14.0. The minimum absolute atomic E-state index is 0. The van der Waals surface area contributed by atoms with Crippen molar-refractivity contribution in [2.75, 3.05) is 26.2 Å². The summed E-state index contributed by atoms with van der Waals surface area (Å²) >= 11 is 0. The molecular formula is C20H32F3IN4O3. The van der Waals surface area contributed by atoms with E-state index in [9.17, 15) is 18.0 Å². The largest absolute Gasteiger partial charge is 0.444 e. The van der Waals surface area contributed by atoms with Gasteiger partial charge in [0.1, 0.15) is 12.2 Å². The molecule has 0 aromatic heterocycles. The van der Waals surface area contributed by atoms with Crippen LogP contribution in [0.2, 0.25) is 0 Å². The van der Waals surface area contributed by atoms with Crippen LogP contribution in [-0.4, -0.2) is 50.1 Å². The number of amides is 1. The van der Waals surface area contributed by atoms with E-state index < -0.39 is 24.5 Å². The second kappa shape index (κ2) is 14.3. The van der Waals surface area contributed by atoms with Gasteiger partial charge in [-0.3, -0.25) is 0 Å². The molecule has 0 saturated carbocycles. The first kappa shape index (κ1) is 29.2. The second-order valence-electron chi connectivity index (χ2n) is 7.48. The summed E-state index contributed by atoms with van der Waals surface area (Å²) in [6.07, 6.45) is -4.81. The van der Waals surface area contributed by atoms with E-state index in [-0.39, 0.29) is 30.6 Å². The molecule has 0 aliphatic rings. The number of alkyl halides is 3. The van der Waals surface area contributed by atoms with Gasteiger partial charge in [-0.25, -0.2) is 9.79 Å². The molecule has 0 aliphatic heterocycles. The van der Waals surface area contributed by atoms with Crippen LogP contribution in [0.15, 0.2) is 29.3 Å². The van der Waals surface area contributed by atoms with Gasteiger partial charge in [0.15, 0.2) is 5.96 Å². The average Bonchev–Trinajstić information content (AvgIpc) is 2.61. The van der Waals surface area contributed by atoms with Gasteiger partial charge < -0.3 is 25.4 Å². The summed E-state index contributed by atoms with van der Waals surface area (Å²) in [5.41, 5.74) is 1.01. The van der Waals surface area contributed by atoms with Crippen molar-refractivity contribution in [3.05, 3.63) is 35.4 Å². The van der Waals surface area contributed by atoms with Crippen molar-refractivity contribution in [3.8, 4) is 0 Å². The number of benzene rings is 1. The second-order valence-corrected chi connectivity index (χ2v) is 7.48. The number of guanidine groups is 1. The molecule has 0 saturated heterocycles. The van der Waals surface area contributed by atoms with Crippen molar-refractivity contribution in [2.45, 2.75) is 52.6 Å². The number of ether oxygens (including phenoxy) is 2. The van der Waals surface area contributed by atoms with E-state index in [4.69, 9.17) is 4.74 Å². The van der Waals surface area contributed by atoms with Crippen LogP contribution in [0, 0.1) is 0 Å². The molecule has 7 nitrogen and oxygen atoms in total. The maximum Gasteiger partial charge on any atom is 0.411 e. The lowest BCUT2D eigenvalue weighted by Crippen LogP contribution is -2.42. The van der Waals surface area contributed by atoms with Gasteiger partial charge in [-0.2, -0.15) is 13.2 Å². The Bertz CT molecular complexity index is 678. The maximum absolute atomic E-state index is 12.1. The van der Waals surface area contributed by atoms with Gasteiger partial charge in [-0.15, -0.1) is 24.0 Å². The third-order valence-corrected chi connectivity index (χ3v) is 3.41. The smallest absolute Gasteiger partial charge is 0.411 e. The molecular weight excluding hydrogens is 528 g/mol. The van der Waals surface area contributed by atoms with Gasteiger partial charge in [0.05, 0.1) is 13.2 Å². The van der Waals surface area contributed by atoms with E-state index in [0.717, 1.165) is 5.56 Å². The van der Waals surface area contributed by atoms with Crippen molar-refractivity contribution < 1.29 is 27.4 Å². The molecule has 31 heavy (non-hydrogen) atoms. The van der Waals surface area contributed by atoms with E-state index in [1.807, 2.05) is 6.92 Å². The summed E-state index contributed by atoms with van der Waals surface area (Å²) in [6, 6.07) is 7.02. The van der Waals surface area contributed by atoms with E-state index in [1.165, 1.54) is 0 Å². The molecule has 1 aromatic carbocycles. The Morgan fingerprint density at radius 2 is 1.58 bits per heavy atom. The number of carbonyl (C=O) groups excluding carboxylic acids is 1. The monoisotopic (exact) mass is 560 g/mol. The molecule has 1 amide bonds. The summed E-state index contributed by atoms with van der Waals surface area (Å²) in [5.74, 6) is 0.584. The van der Waals surface area contributed by atoms with E-state index in [0.29, 0.717) is 37.7 Å². The van der Waals surface area contributed by atoms with Crippen molar-refractivity contribution in [1.82, 2.24) is 16.0 Å². The highest BCUT2D eigenvalue weighted by Gasteiger charge is 2.27. The third-order valence-electron chi connectivity index (χ3n) is 3.41. The maximum atomic E-state index is 12.1. The Hall–Kier alpha value is -1.76. The SMILES string of the molecule is CCNC(=NCc1ccc(COCC(F)(F)F)cc1)NCCNC(=O)OC(C)(C)C.I. The lowest BCUT2D eigenvalue weighted by Gasteiger charge is -2.19. The Morgan fingerprint density at radius 1 is 1.00 bits per heavy atom. The topological polar surface area (TPSA) is 84.0 Å². The summed E-state index contributed by atoms with van der Waals surface area (Å²) in [7, 11) is 0. The number of carbonyl (C=O) groups is 1. The minimum atomic E-state index is -4.33. The molecule has 178 valence electrons. The van der Waals surface area contributed by atoms with Crippen LogP contribution < -0.4 is 16.0 Å². The number of nitrogens with one attached hydrogen (secondary N) is 3. The molecule has 1 aromatic rings. The molecule has 0 atom stereocenters. The zero-order chi connectivity index (χ0) is 22.6. The summed E-state index contributed by atoms with van der Waals surface area (Å²) < 4.78 is 46.1. The van der Waals surface area contributed by atoms with Gasteiger partial charge in [0.2, 0.25) is 0 Å². The Kier molecular flexibility index (Phi) is 13.5. The normalized spacial score (nSPS) is 12.0. The van der Waals surface area contributed by atoms with Gasteiger partial charge in [0, 0.05) is 19.6 Å². The van der Waals surface area contributed by atoms with Crippen molar-refractivity contribution in [2.24, 2.45) is 4.99 Å². The number of alkyl carbamates (subject to hydrolysis) is 1. The quantitative estimate of drug-likeness (QED) is 0.184. The Morgan fingerprint density at radius 3 is 2.13 bits per heavy atom. The predicted octanol–water partition coefficient (Wildman–Crippen LogP) is 3.96. The van der Waals surface area contributed by atoms with Crippen molar-refractivity contribution >= 4 is 36.0 Å². The first-order valence-electron chi connectivity index (χ1n) is 9.70. The highest BCUT2D eigenvalue weighted by Crippen LogP contribution is 2.16. The van der Waals surface area contributed by atoms with Gasteiger partial charge >= 0.3 is 12.3 Å². The van der Waals surface area contributed by atoms with Gasteiger partial charge in [-0.1, -0.05) is 24.3 Å². The molecule has 0 aliphatic carbocycles. The van der Waals surface area contributed by atoms with Crippen LogP contribution >= 0.6 is 24.0 Å². The van der Waals surface area contributed by atoms with Crippen molar-refractivity contribution in [3.63, 3.8) is 0 Å². The van der Waals surface area contributed by atoms with E-state index >= 15 is 0 Å². The van der Waals surface area contributed by atoms with Crippen LogP contribution in [0.5, 0.6) is 0 Å². The fourth-order valence-corrected chi connectivity index (χ4v) is 2.20. The molecule has 11 heteroatoms. The summed E-state index contributed by atoms with van der Waals surface area (Å²) in [5, 5.41) is 8.86. The molecule has 3 N–H and O–H groups in total. The number of aliphatic imine (C=N–C) groups is 1. The number of rotatable bonds is 9. The molecule has 1 rings (SSSR count). The fraction of sp³-hybridized carbons (Fsp3) is 0.600. The third kappa shape index (κ3) is 15.7. The van der Waals surface area contributed by atoms with Crippen LogP contribution in [0.1, 0.15) is 38.8 Å². The van der Waals surface area contributed by atoms with Gasteiger partial charge in [-0.05, 0) is 38.8 Å². The Balaban J connectivity index is 0.00000900. The lowest BCUT2D eigenvalue weighted by molar-refractivity contribution is -0.176. The van der Waals surface area contributed by atoms with E-state index in [1.54, 1.807) is 45.0 Å². The molecule has 0 radical (unpaired) electrons. The van der Waals surface area contributed by atoms with Crippen LogP contribution in [0.25, 0.3) is 0 Å². The van der Waals surface area contributed by atoms with E-state index in [2.05, 4.69) is 25.7 Å². The number of halogens is 4. The van der Waals surface area contributed by atoms with Crippen LogP contribution in [0.4, 0.5) is 18.0 Å². The fourth-order valence-electron chi connectivity index (χ4n) is 2.20. The van der Waals surface area contributed by atoms with Crippen LogP contribution in [0.3, 0.4) is 0 Å². The predicted molar refractivity (Wildman–Crippen MR) is 125 cm³/mol. The highest BCUT2D eigenvalue weighted by atomic mass is 127. The molecule has 0 bridgehead atoms. The molecule has 0 heterocycles. The number of nitrogens with zero attached hydrogens (tertiary/aromatic N) is 1. The highest BCUT2D eigenvalue weighted by molar-refractivity contribution is 14.0. The summed E-state index contributed by atoms with van der Waals surface area (Å²) in [6.45, 7) is 7.84. The standard InChI is InChI=1S/C20H31F3N4O3.HI/c1-5-24-17(25-10-11-26-18(28)30-19(2,3)4)27-12-15-6-8-16(9-7-15)13-29-14-20(21,22)23;/h6-9H,5,10-14H2,1-4H3,(H,26,28)(H2,24,25,27);1H. The number of hydrogen-bond donors (Lipinski definition) is 3. The number of hydrogen-bond acceptors (Lipinski definition) is 4. The van der Waals surface area contributed by atoms with Crippen molar-refractivity contribution in [1.29, 1.82) is 0 Å². The lowest BCUT2D eigenvalue weighted by atomic mass is 10.1. The zero-order valence-electron chi connectivity index (χ0n) is 18.3. The summed E-state index contributed by atoms with van der Waals surface area (Å²) in [4.78, 5) is 16.1. The molecule has 0 spiro atoms. The molecule has 0 unspecified atom stereocenters. The average molecular weight is 560 g/mol. The Labute approximate surface area is 198 Å². The first-order valence-corrected chi connectivity index (χ1v) is 9.70. The minimum Gasteiger partial charge on any atom is -0.444 e. The zero-order valence-corrected chi connectivity index (χ0v) is 20.6.